The van der Waals surface area contributed by atoms with Gasteiger partial charge in [0, 0.05) is 43.9 Å². The summed E-state index contributed by atoms with van der Waals surface area (Å²) in [5.41, 5.74) is 1.47. The number of carbonyl (C=O) groups excluding carboxylic acids is 1. The number of aromatic nitrogens is 1. The Bertz CT molecular complexity index is 844. The van der Waals surface area contributed by atoms with E-state index in [-0.39, 0.29) is 12.1 Å². The number of rotatable bonds is 5. The lowest BCUT2D eigenvalue weighted by molar-refractivity contribution is 0.0985. The molecule has 7 heteroatoms. The zero-order valence-electron chi connectivity index (χ0n) is 16.5. The molecule has 1 unspecified atom stereocenters. The zero-order valence-corrected chi connectivity index (χ0v) is 16.5. The van der Waals surface area contributed by atoms with Crippen LogP contribution < -0.4 is 15.4 Å². The van der Waals surface area contributed by atoms with Crippen molar-refractivity contribution in [1.82, 2.24) is 15.2 Å². The van der Waals surface area contributed by atoms with E-state index in [2.05, 4.69) is 20.5 Å². The molecule has 7 nitrogen and oxygen atoms in total. The Hall–Kier alpha value is -2.38. The number of likely N-dealkylation sites (tertiary alicyclic amines) is 1. The molecule has 1 aromatic heterocycles. The molecule has 1 aromatic carbocycles. The maximum Gasteiger partial charge on any atom is 0.319 e. The van der Waals surface area contributed by atoms with Gasteiger partial charge in [-0.2, -0.15) is 0 Å². The summed E-state index contributed by atoms with van der Waals surface area (Å²) in [5.74, 6) is 0.694. The molecule has 150 valence electrons. The summed E-state index contributed by atoms with van der Waals surface area (Å²) in [5, 5.41) is 7.07. The minimum atomic E-state index is -0.172. The number of carbonyl (C=O) groups is 1. The third-order valence-electron chi connectivity index (χ3n) is 5.98. The lowest BCUT2D eigenvalue weighted by atomic mass is 10.1. The molecular formula is C21H28N4O3. The summed E-state index contributed by atoms with van der Waals surface area (Å²) >= 11 is 0. The quantitative estimate of drug-likeness (QED) is 0.829. The highest BCUT2D eigenvalue weighted by Gasteiger charge is 2.36. The predicted molar refractivity (Wildman–Crippen MR) is 109 cm³/mol. The molecular weight excluding hydrogens is 356 g/mol. The van der Waals surface area contributed by atoms with Gasteiger partial charge in [0.1, 0.15) is 11.3 Å². The third kappa shape index (κ3) is 3.77. The molecule has 3 atom stereocenters. The SMILES string of the molecule is COc1ccc(NC(=O)N[C@H]2CCC[C@H]2N2CCC(OC)C2)c2cccnc12. The highest BCUT2D eigenvalue weighted by molar-refractivity contribution is 6.02. The molecule has 2 heterocycles. The number of nitrogens with one attached hydrogen (secondary N) is 2. The average Bonchev–Trinajstić information content (AvgIpc) is 3.37. The number of methoxy groups -OCH3 is 2. The van der Waals surface area contributed by atoms with E-state index in [4.69, 9.17) is 9.47 Å². The van der Waals surface area contributed by atoms with Gasteiger partial charge in [-0.3, -0.25) is 9.88 Å². The van der Waals surface area contributed by atoms with Crippen LogP contribution in [0.15, 0.2) is 30.5 Å². The first kappa shape index (κ1) is 19.0. The van der Waals surface area contributed by atoms with Crippen LogP contribution in [0.25, 0.3) is 10.9 Å². The molecule has 1 saturated carbocycles. The van der Waals surface area contributed by atoms with Crippen molar-refractivity contribution in [2.24, 2.45) is 0 Å². The molecule has 0 radical (unpaired) electrons. The number of ether oxygens (including phenoxy) is 2. The lowest BCUT2D eigenvalue weighted by Gasteiger charge is -2.30. The van der Waals surface area contributed by atoms with Gasteiger partial charge in [0.05, 0.1) is 18.9 Å². The fraction of sp³-hybridized carbons (Fsp3) is 0.524. The molecule has 2 N–H and O–H groups in total. The van der Waals surface area contributed by atoms with E-state index in [1.54, 1.807) is 20.4 Å². The van der Waals surface area contributed by atoms with Gasteiger partial charge in [-0.25, -0.2) is 4.79 Å². The Kier molecular flexibility index (Phi) is 5.64. The molecule has 1 aliphatic carbocycles. The fourth-order valence-corrected chi connectivity index (χ4v) is 4.54. The third-order valence-corrected chi connectivity index (χ3v) is 5.98. The largest absolute Gasteiger partial charge is 0.494 e. The van der Waals surface area contributed by atoms with Crippen molar-refractivity contribution in [2.75, 3.05) is 32.6 Å². The van der Waals surface area contributed by atoms with Gasteiger partial charge in [0.15, 0.2) is 0 Å². The normalized spacial score (nSPS) is 25.1. The van der Waals surface area contributed by atoms with Gasteiger partial charge >= 0.3 is 6.03 Å². The van der Waals surface area contributed by atoms with Crippen LogP contribution in [0.4, 0.5) is 10.5 Å². The van der Waals surface area contributed by atoms with Crippen LogP contribution in [0.1, 0.15) is 25.7 Å². The van der Waals surface area contributed by atoms with Gasteiger partial charge in [-0.15, -0.1) is 0 Å². The van der Waals surface area contributed by atoms with Crippen molar-refractivity contribution in [3.05, 3.63) is 30.5 Å². The molecule has 28 heavy (non-hydrogen) atoms. The Morgan fingerprint density at radius 1 is 1.21 bits per heavy atom. The minimum Gasteiger partial charge on any atom is -0.494 e. The van der Waals surface area contributed by atoms with E-state index in [0.29, 0.717) is 17.9 Å². The Morgan fingerprint density at radius 2 is 2.11 bits per heavy atom. The molecule has 2 amide bonds. The van der Waals surface area contributed by atoms with E-state index < -0.39 is 0 Å². The van der Waals surface area contributed by atoms with Crippen LogP contribution in [0.2, 0.25) is 0 Å². The summed E-state index contributed by atoms with van der Waals surface area (Å²) in [6.07, 6.45) is 6.37. The van der Waals surface area contributed by atoms with Crippen LogP contribution in [0, 0.1) is 0 Å². The Balaban J connectivity index is 1.44. The van der Waals surface area contributed by atoms with Gasteiger partial charge in [0.2, 0.25) is 0 Å². The van der Waals surface area contributed by atoms with Crippen molar-refractivity contribution in [2.45, 2.75) is 43.9 Å². The van der Waals surface area contributed by atoms with Crippen LogP contribution in [-0.4, -0.2) is 61.4 Å². The van der Waals surface area contributed by atoms with Gasteiger partial charge in [0.25, 0.3) is 0 Å². The van der Waals surface area contributed by atoms with E-state index in [9.17, 15) is 4.79 Å². The number of hydrogen-bond donors (Lipinski definition) is 2. The average molecular weight is 384 g/mol. The first-order valence-corrected chi connectivity index (χ1v) is 9.95. The van der Waals surface area contributed by atoms with Crippen molar-refractivity contribution >= 4 is 22.6 Å². The number of hydrogen-bond acceptors (Lipinski definition) is 5. The molecule has 2 aromatic rings. The number of amides is 2. The Labute approximate surface area is 165 Å². The smallest absolute Gasteiger partial charge is 0.319 e. The van der Waals surface area contributed by atoms with Crippen LogP contribution in [0.3, 0.4) is 0 Å². The lowest BCUT2D eigenvalue weighted by Crippen LogP contribution is -2.49. The monoisotopic (exact) mass is 384 g/mol. The molecule has 2 aliphatic rings. The first-order chi connectivity index (χ1) is 13.7. The highest BCUT2D eigenvalue weighted by Crippen LogP contribution is 2.30. The van der Waals surface area contributed by atoms with Crippen molar-refractivity contribution < 1.29 is 14.3 Å². The number of benzene rings is 1. The van der Waals surface area contributed by atoms with E-state index in [1.807, 2.05) is 24.3 Å². The zero-order chi connectivity index (χ0) is 19.5. The van der Waals surface area contributed by atoms with Gasteiger partial charge in [-0.05, 0) is 49.9 Å². The molecule has 2 fully saturated rings. The van der Waals surface area contributed by atoms with Crippen LogP contribution in [-0.2, 0) is 4.74 Å². The second-order valence-electron chi connectivity index (χ2n) is 7.56. The van der Waals surface area contributed by atoms with Crippen molar-refractivity contribution in [3.8, 4) is 5.75 Å². The van der Waals surface area contributed by atoms with Crippen molar-refractivity contribution in [1.29, 1.82) is 0 Å². The van der Waals surface area contributed by atoms with Crippen LogP contribution >= 0.6 is 0 Å². The first-order valence-electron chi connectivity index (χ1n) is 9.95. The standard InChI is InChI=1S/C21H28N4O3/c1-27-14-10-12-25(13-14)18-7-3-6-17(18)24-21(26)23-16-8-9-19(28-2)20-15(16)5-4-11-22-20/h4-5,8-9,11,14,17-18H,3,6-7,10,12-13H2,1-2H3,(H2,23,24,26)/t14?,17-,18+/m0/s1. The number of fused-ring (bicyclic) bond motifs is 1. The maximum atomic E-state index is 12.7. The summed E-state index contributed by atoms with van der Waals surface area (Å²) in [6, 6.07) is 7.87. The molecule has 1 aliphatic heterocycles. The molecule has 0 spiro atoms. The summed E-state index contributed by atoms with van der Waals surface area (Å²) in [4.78, 5) is 19.6. The maximum absolute atomic E-state index is 12.7. The Morgan fingerprint density at radius 3 is 2.89 bits per heavy atom. The topological polar surface area (TPSA) is 75.7 Å². The predicted octanol–water partition coefficient (Wildman–Crippen LogP) is 3.01. The van der Waals surface area contributed by atoms with Crippen LogP contribution in [0.5, 0.6) is 5.75 Å². The summed E-state index contributed by atoms with van der Waals surface area (Å²) in [6.45, 7) is 1.99. The second kappa shape index (κ2) is 8.32. The number of urea groups is 1. The molecule has 0 bridgehead atoms. The fourth-order valence-electron chi connectivity index (χ4n) is 4.54. The van der Waals surface area contributed by atoms with E-state index in [0.717, 1.165) is 55.4 Å². The number of pyridine rings is 1. The van der Waals surface area contributed by atoms with E-state index >= 15 is 0 Å². The summed E-state index contributed by atoms with van der Waals surface area (Å²) in [7, 11) is 3.40. The molecule has 4 rings (SSSR count). The minimum absolute atomic E-state index is 0.165. The number of nitrogens with zero attached hydrogens (tertiary/aromatic N) is 2. The highest BCUT2D eigenvalue weighted by atomic mass is 16.5. The van der Waals surface area contributed by atoms with E-state index in [1.165, 1.54) is 0 Å². The van der Waals surface area contributed by atoms with Crippen molar-refractivity contribution in [3.63, 3.8) is 0 Å². The summed E-state index contributed by atoms with van der Waals surface area (Å²) < 4.78 is 10.9. The second-order valence-corrected chi connectivity index (χ2v) is 7.56. The number of anilines is 1. The van der Waals surface area contributed by atoms with Gasteiger partial charge < -0.3 is 20.1 Å². The molecule has 1 saturated heterocycles. The van der Waals surface area contributed by atoms with Gasteiger partial charge in [-0.1, -0.05) is 0 Å².